The fourth-order valence-corrected chi connectivity index (χ4v) is 2.44. The van der Waals surface area contributed by atoms with Crippen LogP contribution in [0.25, 0.3) is 0 Å². The molecule has 0 bridgehead atoms. The summed E-state index contributed by atoms with van der Waals surface area (Å²) in [5.74, 6) is -0.987. The highest BCUT2D eigenvalue weighted by Gasteiger charge is 2.12. The number of aryl methyl sites for hydroxylation is 1. The van der Waals surface area contributed by atoms with Gasteiger partial charge in [-0.05, 0) is 58.4 Å². The highest BCUT2D eigenvalue weighted by molar-refractivity contribution is 9.10. The Labute approximate surface area is 117 Å². The Morgan fingerprint density at radius 1 is 1.44 bits per heavy atom. The number of carboxylic acid groups (broad SMARTS) is 1. The van der Waals surface area contributed by atoms with Gasteiger partial charge in [-0.3, -0.25) is 0 Å². The molecule has 0 aliphatic heterocycles. The van der Waals surface area contributed by atoms with E-state index in [4.69, 9.17) is 5.11 Å². The lowest BCUT2D eigenvalue weighted by Crippen LogP contribution is -2.00. The van der Waals surface area contributed by atoms with Gasteiger partial charge in [0, 0.05) is 16.9 Å². The molecule has 0 atom stereocenters. The van der Waals surface area contributed by atoms with Gasteiger partial charge in [0.15, 0.2) is 0 Å². The molecule has 0 amide bonds. The highest BCUT2D eigenvalue weighted by Crippen LogP contribution is 2.29. The summed E-state index contributed by atoms with van der Waals surface area (Å²) in [5, 5.41) is 10.2. The molecule has 2 aromatic rings. The van der Waals surface area contributed by atoms with E-state index in [2.05, 4.69) is 25.9 Å². The Balaban J connectivity index is 2.34. The minimum atomic E-state index is -0.987. The van der Waals surface area contributed by atoms with Crippen LogP contribution < -0.4 is 0 Å². The Kier molecular flexibility index (Phi) is 3.98. The summed E-state index contributed by atoms with van der Waals surface area (Å²) in [6.07, 6.45) is 3.27. The van der Waals surface area contributed by atoms with Crippen LogP contribution in [0.4, 0.5) is 0 Å². The summed E-state index contributed by atoms with van der Waals surface area (Å²) in [6, 6.07) is 5.02. The van der Waals surface area contributed by atoms with Crippen LogP contribution in [-0.4, -0.2) is 21.0 Å². The van der Waals surface area contributed by atoms with Gasteiger partial charge in [0.05, 0.1) is 5.56 Å². The average Bonchev–Trinajstić information content (AvgIpc) is 2.34. The number of rotatable bonds is 3. The van der Waals surface area contributed by atoms with Crippen LogP contribution in [0.5, 0.6) is 0 Å². The van der Waals surface area contributed by atoms with E-state index in [1.165, 1.54) is 17.8 Å². The van der Waals surface area contributed by atoms with Gasteiger partial charge >= 0.3 is 5.97 Å². The number of halogens is 1. The second kappa shape index (κ2) is 5.49. The van der Waals surface area contributed by atoms with E-state index in [1.807, 2.05) is 13.0 Å². The van der Waals surface area contributed by atoms with E-state index in [0.717, 1.165) is 15.1 Å². The molecule has 0 saturated heterocycles. The van der Waals surface area contributed by atoms with Crippen LogP contribution in [0.1, 0.15) is 15.9 Å². The van der Waals surface area contributed by atoms with Crippen LogP contribution in [0, 0.1) is 6.92 Å². The maximum atomic E-state index is 11.1. The number of aromatic nitrogens is 2. The molecule has 18 heavy (non-hydrogen) atoms. The molecule has 92 valence electrons. The van der Waals surface area contributed by atoms with Crippen LogP contribution in [0.15, 0.2) is 45.1 Å². The zero-order valence-corrected chi connectivity index (χ0v) is 11.8. The van der Waals surface area contributed by atoms with Crippen molar-refractivity contribution in [2.45, 2.75) is 17.0 Å². The molecule has 0 spiro atoms. The van der Waals surface area contributed by atoms with Crippen molar-refractivity contribution in [2.75, 3.05) is 0 Å². The maximum absolute atomic E-state index is 11.1. The second-order valence-corrected chi connectivity index (χ2v) is 5.40. The normalized spacial score (nSPS) is 10.3. The molecular formula is C12H9BrN2O2S. The minimum Gasteiger partial charge on any atom is -0.478 e. The van der Waals surface area contributed by atoms with Gasteiger partial charge in [0.1, 0.15) is 10.1 Å². The third-order valence-corrected chi connectivity index (χ3v) is 4.01. The van der Waals surface area contributed by atoms with Gasteiger partial charge in [0.25, 0.3) is 0 Å². The van der Waals surface area contributed by atoms with E-state index in [-0.39, 0.29) is 5.56 Å². The molecule has 0 aliphatic rings. The van der Waals surface area contributed by atoms with Crippen LogP contribution >= 0.6 is 27.7 Å². The smallest absolute Gasteiger partial charge is 0.338 e. The van der Waals surface area contributed by atoms with Gasteiger partial charge in [-0.25, -0.2) is 14.8 Å². The van der Waals surface area contributed by atoms with Gasteiger partial charge < -0.3 is 5.11 Å². The molecule has 4 nitrogen and oxygen atoms in total. The average molecular weight is 325 g/mol. The molecule has 1 N–H and O–H groups in total. The Bertz CT molecular complexity index is 604. The maximum Gasteiger partial charge on any atom is 0.338 e. The molecule has 0 radical (unpaired) electrons. The summed E-state index contributed by atoms with van der Waals surface area (Å²) >= 11 is 4.61. The number of hydrogen-bond acceptors (Lipinski definition) is 4. The molecule has 2 rings (SSSR count). The van der Waals surface area contributed by atoms with E-state index in [0.29, 0.717) is 5.03 Å². The van der Waals surface area contributed by atoms with Crippen LogP contribution in [0.2, 0.25) is 0 Å². The van der Waals surface area contributed by atoms with E-state index in [9.17, 15) is 4.79 Å². The molecule has 2 heterocycles. The summed E-state index contributed by atoms with van der Waals surface area (Å²) in [6.45, 7) is 1.95. The first-order valence-corrected chi connectivity index (χ1v) is 6.67. The standard InChI is InChI=1S/C12H9BrN2O2S/c1-7-5-10(15-6-9(7)13)18-11-8(12(16)17)3-2-4-14-11/h2-6H,1H3,(H,16,17). The quantitative estimate of drug-likeness (QED) is 0.937. The van der Waals surface area contributed by atoms with E-state index < -0.39 is 5.97 Å². The zero-order chi connectivity index (χ0) is 13.1. The van der Waals surface area contributed by atoms with Crippen molar-refractivity contribution in [3.63, 3.8) is 0 Å². The summed E-state index contributed by atoms with van der Waals surface area (Å²) < 4.78 is 0.923. The Morgan fingerprint density at radius 2 is 2.22 bits per heavy atom. The van der Waals surface area contributed by atoms with Crippen molar-refractivity contribution < 1.29 is 9.90 Å². The summed E-state index contributed by atoms with van der Waals surface area (Å²) in [7, 11) is 0. The third kappa shape index (κ3) is 2.88. The molecule has 2 aromatic heterocycles. The fourth-order valence-electron chi connectivity index (χ4n) is 1.30. The van der Waals surface area contributed by atoms with Gasteiger partial charge in [-0.1, -0.05) is 0 Å². The van der Waals surface area contributed by atoms with Crippen molar-refractivity contribution >= 4 is 33.7 Å². The molecule has 0 unspecified atom stereocenters. The topological polar surface area (TPSA) is 63.1 Å². The molecular weight excluding hydrogens is 316 g/mol. The summed E-state index contributed by atoms with van der Waals surface area (Å²) in [4.78, 5) is 19.3. The number of hydrogen-bond donors (Lipinski definition) is 1. The zero-order valence-electron chi connectivity index (χ0n) is 9.42. The SMILES string of the molecule is Cc1cc(Sc2ncccc2C(=O)O)ncc1Br. The third-order valence-electron chi connectivity index (χ3n) is 2.22. The molecule has 6 heteroatoms. The van der Waals surface area contributed by atoms with Crippen LogP contribution in [-0.2, 0) is 0 Å². The van der Waals surface area contributed by atoms with Crippen LogP contribution in [0.3, 0.4) is 0 Å². The second-order valence-electron chi connectivity index (χ2n) is 3.54. The van der Waals surface area contributed by atoms with Crippen molar-refractivity contribution in [3.8, 4) is 0 Å². The van der Waals surface area contributed by atoms with Gasteiger partial charge in [-0.15, -0.1) is 0 Å². The largest absolute Gasteiger partial charge is 0.478 e. The van der Waals surface area contributed by atoms with E-state index in [1.54, 1.807) is 18.5 Å². The number of aromatic carboxylic acids is 1. The summed E-state index contributed by atoms with van der Waals surface area (Å²) in [5.41, 5.74) is 1.23. The lowest BCUT2D eigenvalue weighted by Gasteiger charge is -2.05. The lowest BCUT2D eigenvalue weighted by molar-refractivity contribution is 0.0692. The predicted molar refractivity (Wildman–Crippen MR) is 72.0 cm³/mol. The highest BCUT2D eigenvalue weighted by atomic mass is 79.9. The van der Waals surface area contributed by atoms with Crippen molar-refractivity contribution in [2.24, 2.45) is 0 Å². The monoisotopic (exact) mass is 324 g/mol. The van der Waals surface area contributed by atoms with Crippen molar-refractivity contribution in [1.29, 1.82) is 0 Å². The first-order chi connectivity index (χ1) is 8.58. The van der Waals surface area contributed by atoms with E-state index >= 15 is 0 Å². The predicted octanol–water partition coefficient (Wildman–Crippen LogP) is 3.40. The van der Waals surface area contributed by atoms with Crippen molar-refractivity contribution in [1.82, 2.24) is 9.97 Å². The van der Waals surface area contributed by atoms with Crippen molar-refractivity contribution in [3.05, 3.63) is 46.2 Å². The minimum absolute atomic E-state index is 0.185. The molecule has 0 fully saturated rings. The lowest BCUT2D eigenvalue weighted by atomic mass is 10.3. The number of carboxylic acids is 1. The fraction of sp³-hybridized carbons (Fsp3) is 0.0833. The number of carbonyl (C=O) groups is 1. The first kappa shape index (κ1) is 13.0. The molecule has 0 saturated carbocycles. The molecule has 0 aromatic carbocycles. The Morgan fingerprint density at radius 3 is 2.89 bits per heavy atom. The number of nitrogens with zero attached hydrogens (tertiary/aromatic N) is 2. The Hall–Kier alpha value is -1.40. The first-order valence-electron chi connectivity index (χ1n) is 5.06. The van der Waals surface area contributed by atoms with Gasteiger partial charge in [-0.2, -0.15) is 0 Å². The number of pyridine rings is 2. The van der Waals surface area contributed by atoms with Gasteiger partial charge in [0.2, 0.25) is 0 Å². The molecule has 0 aliphatic carbocycles.